The standard InChI is InChI=1S/C18H16N2O4/c1-23-16-7-12(10-21)6-15-18(16)24-11-17(22)20(15)9-14-5-3-2-4-13(14)8-19/h2-7,21H,9-11H2,1H3. The van der Waals surface area contributed by atoms with Crippen LogP contribution in [0.25, 0.3) is 0 Å². The molecule has 2 aromatic rings. The van der Waals surface area contributed by atoms with E-state index in [1.165, 1.54) is 7.11 Å². The summed E-state index contributed by atoms with van der Waals surface area (Å²) in [6.07, 6.45) is 0. The predicted molar refractivity (Wildman–Crippen MR) is 86.8 cm³/mol. The molecule has 24 heavy (non-hydrogen) atoms. The van der Waals surface area contributed by atoms with Gasteiger partial charge in [-0.1, -0.05) is 18.2 Å². The van der Waals surface area contributed by atoms with Gasteiger partial charge in [-0.3, -0.25) is 4.79 Å². The number of carbonyl (C=O) groups excluding carboxylic acids is 1. The molecule has 0 saturated carbocycles. The van der Waals surface area contributed by atoms with Crippen LogP contribution in [0.15, 0.2) is 36.4 Å². The topological polar surface area (TPSA) is 82.8 Å². The largest absolute Gasteiger partial charge is 0.493 e. The number of carbonyl (C=O) groups is 1. The van der Waals surface area contributed by atoms with Crippen LogP contribution in [0, 0.1) is 11.3 Å². The molecule has 1 aliphatic heterocycles. The minimum Gasteiger partial charge on any atom is -0.493 e. The maximum Gasteiger partial charge on any atom is 0.265 e. The number of amides is 1. The summed E-state index contributed by atoms with van der Waals surface area (Å²) in [6.45, 7) is -0.0338. The van der Waals surface area contributed by atoms with Crippen LogP contribution in [-0.2, 0) is 17.9 Å². The number of ether oxygens (including phenoxy) is 2. The fraction of sp³-hybridized carbons (Fsp3) is 0.222. The molecule has 122 valence electrons. The van der Waals surface area contributed by atoms with E-state index in [9.17, 15) is 15.2 Å². The van der Waals surface area contributed by atoms with E-state index in [1.54, 1.807) is 29.2 Å². The molecular weight excluding hydrogens is 308 g/mol. The van der Waals surface area contributed by atoms with Gasteiger partial charge in [-0.15, -0.1) is 0 Å². The molecule has 0 radical (unpaired) electrons. The van der Waals surface area contributed by atoms with Crippen LogP contribution < -0.4 is 14.4 Å². The molecule has 3 rings (SSSR count). The number of methoxy groups -OCH3 is 1. The highest BCUT2D eigenvalue weighted by Gasteiger charge is 2.29. The zero-order valence-corrected chi connectivity index (χ0v) is 13.2. The Morgan fingerprint density at radius 2 is 2.17 bits per heavy atom. The molecule has 0 unspecified atom stereocenters. The molecule has 0 atom stereocenters. The number of nitriles is 1. The molecule has 1 heterocycles. The van der Waals surface area contributed by atoms with Crippen molar-refractivity contribution in [2.75, 3.05) is 18.6 Å². The van der Waals surface area contributed by atoms with Gasteiger partial charge in [-0.05, 0) is 29.3 Å². The Bertz CT molecular complexity index is 826. The Labute approximate surface area is 139 Å². The van der Waals surface area contributed by atoms with Gasteiger partial charge in [0, 0.05) is 0 Å². The molecule has 1 N–H and O–H groups in total. The van der Waals surface area contributed by atoms with Gasteiger partial charge in [0.2, 0.25) is 0 Å². The second-order valence-electron chi connectivity index (χ2n) is 5.34. The summed E-state index contributed by atoms with van der Waals surface area (Å²) in [7, 11) is 1.51. The molecule has 6 nitrogen and oxygen atoms in total. The van der Waals surface area contributed by atoms with Crippen molar-refractivity contribution in [1.29, 1.82) is 5.26 Å². The number of hydrogen-bond donors (Lipinski definition) is 1. The molecule has 0 aromatic heterocycles. The van der Waals surface area contributed by atoms with Crippen LogP contribution in [0.1, 0.15) is 16.7 Å². The van der Waals surface area contributed by atoms with Crippen molar-refractivity contribution in [3.8, 4) is 17.6 Å². The summed E-state index contributed by atoms with van der Waals surface area (Å²) in [4.78, 5) is 13.9. The zero-order valence-electron chi connectivity index (χ0n) is 13.2. The van der Waals surface area contributed by atoms with Crippen LogP contribution >= 0.6 is 0 Å². The van der Waals surface area contributed by atoms with Gasteiger partial charge in [0.1, 0.15) is 0 Å². The number of benzene rings is 2. The summed E-state index contributed by atoms with van der Waals surface area (Å²) >= 11 is 0. The lowest BCUT2D eigenvalue weighted by atomic mass is 10.1. The van der Waals surface area contributed by atoms with E-state index in [0.717, 1.165) is 5.56 Å². The van der Waals surface area contributed by atoms with E-state index in [2.05, 4.69) is 6.07 Å². The molecule has 6 heteroatoms. The SMILES string of the molecule is COc1cc(CO)cc2c1OCC(=O)N2Cc1ccccc1C#N. The van der Waals surface area contributed by atoms with Crippen molar-refractivity contribution in [2.45, 2.75) is 13.2 Å². The first-order valence-electron chi connectivity index (χ1n) is 7.41. The van der Waals surface area contributed by atoms with Crippen molar-refractivity contribution in [2.24, 2.45) is 0 Å². The Balaban J connectivity index is 2.07. The number of anilines is 1. The number of rotatable bonds is 4. The summed E-state index contributed by atoms with van der Waals surface area (Å²) < 4.78 is 10.8. The number of aliphatic hydroxyl groups excluding tert-OH is 1. The average molecular weight is 324 g/mol. The maximum atomic E-state index is 12.4. The Hall–Kier alpha value is -3.04. The normalized spacial score (nSPS) is 13.0. The van der Waals surface area contributed by atoms with Gasteiger partial charge in [0.25, 0.3) is 5.91 Å². The van der Waals surface area contributed by atoms with Crippen LogP contribution in [0.5, 0.6) is 11.5 Å². The minimum atomic E-state index is -0.215. The molecule has 0 fully saturated rings. The summed E-state index contributed by atoms with van der Waals surface area (Å²) in [6, 6.07) is 12.6. The van der Waals surface area contributed by atoms with E-state index in [0.29, 0.717) is 28.3 Å². The summed E-state index contributed by atoms with van der Waals surface area (Å²) in [5.74, 6) is 0.707. The lowest BCUT2D eigenvalue weighted by Gasteiger charge is -2.31. The van der Waals surface area contributed by atoms with E-state index in [-0.39, 0.29) is 25.7 Å². The van der Waals surface area contributed by atoms with Crippen LogP contribution in [0.3, 0.4) is 0 Å². The van der Waals surface area contributed by atoms with Gasteiger partial charge >= 0.3 is 0 Å². The van der Waals surface area contributed by atoms with Crippen LogP contribution in [-0.4, -0.2) is 24.7 Å². The summed E-state index contributed by atoms with van der Waals surface area (Å²) in [5, 5.41) is 18.7. The lowest BCUT2D eigenvalue weighted by molar-refractivity contribution is -0.121. The fourth-order valence-corrected chi connectivity index (χ4v) is 2.69. The highest BCUT2D eigenvalue weighted by molar-refractivity contribution is 5.98. The van der Waals surface area contributed by atoms with E-state index in [1.807, 2.05) is 12.1 Å². The van der Waals surface area contributed by atoms with Crippen molar-refractivity contribution in [3.05, 3.63) is 53.1 Å². The molecule has 0 spiro atoms. The third-order valence-corrected chi connectivity index (χ3v) is 3.90. The molecule has 1 aliphatic rings. The quantitative estimate of drug-likeness (QED) is 0.930. The van der Waals surface area contributed by atoms with Crippen molar-refractivity contribution in [1.82, 2.24) is 0 Å². The third-order valence-electron chi connectivity index (χ3n) is 3.90. The Morgan fingerprint density at radius 3 is 2.88 bits per heavy atom. The maximum absolute atomic E-state index is 12.4. The molecule has 0 saturated heterocycles. The molecule has 0 bridgehead atoms. The second kappa shape index (κ2) is 6.60. The minimum absolute atomic E-state index is 0.101. The molecule has 0 aliphatic carbocycles. The average Bonchev–Trinajstić information content (AvgIpc) is 2.63. The van der Waals surface area contributed by atoms with Crippen molar-refractivity contribution < 1.29 is 19.4 Å². The highest BCUT2D eigenvalue weighted by atomic mass is 16.5. The predicted octanol–water partition coefficient (Wildman–Crippen LogP) is 1.98. The van der Waals surface area contributed by atoms with Gasteiger partial charge < -0.3 is 19.5 Å². The highest BCUT2D eigenvalue weighted by Crippen LogP contribution is 2.42. The molecule has 1 amide bonds. The zero-order chi connectivity index (χ0) is 17.1. The Kier molecular flexibility index (Phi) is 4.36. The lowest BCUT2D eigenvalue weighted by Crippen LogP contribution is -2.38. The molecule has 2 aromatic carbocycles. The number of nitrogens with zero attached hydrogens (tertiary/aromatic N) is 2. The van der Waals surface area contributed by atoms with Crippen molar-refractivity contribution >= 4 is 11.6 Å². The molecular formula is C18H16N2O4. The summed E-state index contributed by atoms with van der Waals surface area (Å²) in [5.41, 5.74) is 2.41. The number of fused-ring (bicyclic) bond motifs is 1. The number of hydrogen-bond acceptors (Lipinski definition) is 5. The smallest absolute Gasteiger partial charge is 0.265 e. The van der Waals surface area contributed by atoms with Gasteiger partial charge in [0.05, 0.1) is 37.6 Å². The van der Waals surface area contributed by atoms with Crippen LogP contribution in [0.2, 0.25) is 0 Å². The second-order valence-corrected chi connectivity index (χ2v) is 5.34. The van der Waals surface area contributed by atoms with Gasteiger partial charge in [0.15, 0.2) is 18.1 Å². The third kappa shape index (κ3) is 2.77. The fourth-order valence-electron chi connectivity index (χ4n) is 2.69. The number of aliphatic hydroxyl groups is 1. The van der Waals surface area contributed by atoms with Crippen LogP contribution in [0.4, 0.5) is 5.69 Å². The Morgan fingerprint density at radius 1 is 1.38 bits per heavy atom. The first kappa shape index (κ1) is 15.8. The van der Waals surface area contributed by atoms with E-state index in [4.69, 9.17) is 9.47 Å². The first-order valence-corrected chi connectivity index (χ1v) is 7.41. The van der Waals surface area contributed by atoms with E-state index >= 15 is 0 Å². The van der Waals surface area contributed by atoms with Crippen molar-refractivity contribution in [3.63, 3.8) is 0 Å². The first-order chi connectivity index (χ1) is 11.7. The van der Waals surface area contributed by atoms with Gasteiger partial charge in [-0.25, -0.2) is 0 Å². The monoisotopic (exact) mass is 324 g/mol. The van der Waals surface area contributed by atoms with Gasteiger partial charge in [-0.2, -0.15) is 5.26 Å². The van der Waals surface area contributed by atoms with E-state index < -0.39 is 0 Å².